The van der Waals surface area contributed by atoms with Crippen molar-refractivity contribution >= 4 is 17.4 Å². The number of nitrogens with zero attached hydrogens (tertiary/aromatic N) is 1. The van der Waals surface area contributed by atoms with Crippen LogP contribution in [0.5, 0.6) is 11.5 Å². The molecule has 1 atom stereocenters. The topological polar surface area (TPSA) is 76.1 Å². The third kappa shape index (κ3) is 5.85. The van der Waals surface area contributed by atoms with Crippen LogP contribution in [0.25, 0.3) is 5.76 Å². The maximum Gasteiger partial charge on any atom is 0.295 e. The Morgan fingerprint density at radius 3 is 2.30 bits per heavy atom. The van der Waals surface area contributed by atoms with E-state index in [1.54, 1.807) is 48.4 Å². The normalized spacial score (nSPS) is 16.7. The molecule has 0 aromatic heterocycles. The zero-order valence-electron chi connectivity index (χ0n) is 21.4. The highest BCUT2D eigenvalue weighted by Gasteiger charge is 2.46. The van der Waals surface area contributed by atoms with Crippen LogP contribution in [0.1, 0.15) is 48.9 Å². The number of likely N-dealkylation sites (tertiary alicyclic amines) is 1. The third-order valence-corrected chi connectivity index (χ3v) is 6.58. The molecule has 1 N–H and O–H groups in total. The van der Waals surface area contributed by atoms with Crippen LogP contribution in [0.4, 0.5) is 0 Å². The maximum atomic E-state index is 13.3. The summed E-state index contributed by atoms with van der Waals surface area (Å²) in [6.45, 7) is 3.04. The van der Waals surface area contributed by atoms with Gasteiger partial charge in [0, 0.05) is 12.1 Å². The average Bonchev–Trinajstić information content (AvgIpc) is 3.19. The number of methoxy groups -OCH3 is 1. The van der Waals surface area contributed by atoms with Crippen molar-refractivity contribution < 1.29 is 24.2 Å². The molecular formula is C31H33NO5. The van der Waals surface area contributed by atoms with Gasteiger partial charge in [0.05, 0.1) is 25.3 Å². The zero-order valence-corrected chi connectivity index (χ0v) is 21.4. The van der Waals surface area contributed by atoms with Gasteiger partial charge in [0.2, 0.25) is 0 Å². The lowest BCUT2D eigenvalue weighted by Gasteiger charge is -2.26. The second-order valence-corrected chi connectivity index (χ2v) is 9.06. The Morgan fingerprint density at radius 1 is 0.919 bits per heavy atom. The van der Waals surface area contributed by atoms with E-state index in [4.69, 9.17) is 9.47 Å². The number of amides is 1. The number of carbonyl (C=O) groups is 2. The minimum absolute atomic E-state index is 0.0722. The molecule has 6 nitrogen and oxygen atoms in total. The van der Waals surface area contributed by atoms with E-state index in [0.717, 1.165) is 24.8 Å². The Morgan fingerprint density at radius 2 is 1.62 bits per heavy atom. The van der Waals surface area contributed by atoms with E-state index < -0.39 is 17.7 Å². The molecule has 4 rings (SSSR count). The van der Waals surface area contributed by atoms with Crippen molar-refractivity contribution in [1.82, 2.24) is 4.90 Å². The van der Waals surface area contributed by atoms with Crippen LogP contribution in [0.2, 0.25) is 0 Å². The molecule has 3 aromatic rings. The van der Waals surface area contributed by atoms with E-state index in [1.165, 1.54) is 0 Å². The first-order chi connectivity index (χ1) is 18.0. The Bertz CT molecular complexity index is 1250. The molecule has 3 aromatic carbocycles. The molecule has 1 unspecified atom stereocenters. The lowest BCUT2D eigenvalue weighted by atomic mass is 9.95. The number of carbonyl (C=O) groups excluding carboxylic acids is 2. The van der Waals surface area contributed by atoms with E-state index in [-0.39, 0.29) is 11.3 Å². The van der Waals surface area contributed by atoms with Gasteiger partial charge in [0.1, 0.15) is 5.76 Å². The van der Waals surface area contributed by atoms with Gasteiger partial charge in [-0.15, -0.1) is 0 Å². The van der Waals surface area contributed by atoms with Gasteiger partial charge >= 0.3 is 0 Å². The van der Waals surface area contributed by atoms with Crippen LogP contribution >= 0.6 is 0 Å². The van der Waals surface area contributed by atoms with Crippen LogP contribution in [0, 0.1) is 0 Å². The second-order valence-electron chi connectivity index (χ2n) is 9.06. The van der Waals surface area contributed by atoms with E-state index in [2.05, 4.69) is 6.92 Å². The number of hydrogen-bond acceptors (Lipinski definition) is 5. The van der Waals surface area contributed by atoms with Crippen molar-refractivity contribution in [2.24, 2.45) is 0 Å². The highest BCUT2D eigenvalue weighted by atomic mass is 16.5. The summed E-state index contributed by atoms with van der Waals surface area (Å²) in [6, 6.07) is 23.3. The number of Topliss-reactive ketones (excluding diaryl/α,β-unsaturated/α-hetero) is 1. The smallest absolute Gasteiger partial charge is 0.295 e. The third-order valence-electron chi connectivity index (χ3n) is 6.58. The van der Waals surface area contributed by atoms with Gasteiger partial charge in [-0.25, -0.2) is 0 Å². The zero-order chi connectivity index (χ0) is 26.2. The fourth-order valence-electron chi connectivity index (χ4n) is 4.61. The first kappa shape index (κ1) is 26.0. The van der Waals surface area contributed by atoms with Gasteiger partial charge in [0.15, 0.2) is 11.5 Å². The molecule has 0 bridgehead atoms. The molecule has 1 saturated heterocycles. The molecule has 1 heterocycles. The van der Waals surface area contributed by atoms with Gasteiger partial charge < -0.3 is 19.5 Å². The molecule has 192 valence electrons. The first-order valence-electron chi connectivity index (χ1n) is 12.7. The van der Waals surface area contributed by atoms with Crippen LogP contribution < -0.4 is 9.47 Å². The fourth-order valence-corrected chi connectivity index (χ4v) is 4.61. The van der Waals surface area contributed by atoms with E-state index in [1.807, 2.05) is 42.5 Å². The summed E-state index contributed by atoms with van der Waals surface area (Å²) in [5.74, 6) is -0.394. The number of hydrogen-bond donors (Lipinski definition) is 1. The van der Waals surface area contributed by atoms with Gasteiger partial charge in [-0.3, -0.25) is 9.59 Å². The molecular weight excluding hydrogens is 466 g/mol. The Hall–Kier alpha value is -4.06. The monoisotopic (exact) mass is 499 g/mol. The van der Waals surface area contributed by atoms with Crippen molar-refractivity contribution in [2.75, 3.05) is 20.3 Å². The quantitative estimate of drug-likeness (QED) is 0.153. The minimum atomic E-state index is -0.757. The number of benzene rings is 3. The molecule has 0 saturated carbocycles. The lowest BCUT2D eigenvalue weighted by molar-refractivity contribution is -0.139. The summed E-state index contributed by atoms with van der Waals surface area (Å²) in [6.07, 6.45) is 3.70. The predicted octanol–water partition coefficient (Wildman–Crippen LogP) is 5.93. The second kappa shape index (κ2) is 12.3. The van der Waals surface area contributed by atoms with Gasteiger partial charge in [0.25, 0.3) is 11.7 Å². The van der Waals surface area contributed by atoms with Crippen molar-refractivity contribution in [1.29, 1.82) is 0 Å². The number of aliphatic hydroxyl groups is 1. The Balaban J connectivity index is 1.73. The summed E-state index contributed by atoms with van der Waals surface area (Å²) < 4.78 is 11.5. The van der Waals surface area contributed by atoms with Crippen molar-refractivity contribution in [2.45, 2.75) is 38.6 Å². The van der Waals surface area contributed by atoms with Gasteiger partial charge in [-0.05, 0) is 36.1 Å². The molecule has 1 amide bonds. The largest absolute Gasteiger partial charge is 0.507 e. The molecule has 6 heteroatoms. The van der Waals surface area contributed by atoms with E-state index in [0.29, 0.717) is 42.2 Å². The number of ketones is 1. The van der Waals surface area contributed by atoms with Gasteiger partial charge in [-0.2, -0.15) is 0 Å². The molecule has 1 aliphatic heterocycles. The lowest BCUT2D eigenvalue weighted by Crippen LogP contribution is -2.31. The highest BCUT2D eigenvalue weighted by Crippen LogP contribution is 2.42. The summed E-state index contributed by atoms with van der Waals surface area (Å²) in [5, 5.41) is 11.2. The molecule has 1 aliphatic rings. The minimum Gasteiger partial charge on any atom is -0.507 e. The summed E-state index contributed by atoms with van der Waals surface area (Å²) in [7, 11) is 1.56. The molecule has 0 spiro atoms. The average molecular weight is 500 g/mol. The number of aliphatic hydroxyl groups excluding tert-OH is 1. The highest BCUT2D eigenvalue weighted by molar-refractivity contribution is 6.46. The van der Waals surface area contributed by atoms with E-state index in [9.17, 15) is 14.7 Å². The van der Waals surface area contributed by atoms with Crippen molar-refractivity contribution in [3.05, 3.63) is 101 Å². The van der Waals surface area contributed by atoms with Crippen molar-refractivity contribution in [3.63, 3.8) is 0 Å². The Labute approximate surface area is 218 Å². The summed E-state index contributed by atoms with van der Waals surface area (Å²) in [5.41, 5.74) is 2.28. The maximum absolute atomic E-state index is 13.3. The summed E-state index contributed by atoms with van der Waals surface area (Å²) in [4.78, 5) is 28.1. The van der Waals surface area contributed by atoms with Crippen LogP contribution in [0.15, 0.2) is 84.4 Å². The molecule has 0 aliphatic carbocycles. The van der Waals surface area contributed by atoms with Crippen molar-refractivity contribution in [3.8, 4) is 11.5 Å². The van der Waals surface area contributed by atoms with Crippen LogP contribution in [0.3, 0.4) is 0 Å². The Kier molecular flexibility index (Phi) is 8.62. The first-order valence-corrected chi connectivity index (χ1v) is 12.7. The van der Waals surface area contributed by atoms with Crippen LogP contribution in [-0.2, 0) is 16.0 Å². The molecule has 0 radical (unpaired) electrons. The number of ether oxygens (including phenoxy) is 2. The van der Waals surface area contributed by atoms with Crippen LogP contribution in [-0.4, -0.2) is 42.0 Å². The predicted molar refractivity (Wildman–Crippen MR) is 144 cm³/mol. The molecule has 37 heavy (non-hydrogen) atoms. The molecule has 1 fully saturated rings. The number of unbranched alkanes of at least 4 members (excludes halogenated alkanes) is 2. The fraction of sp³-hybridized carbons (Fsp3) is 0.290. The standard InChI is InChI=1S/C31H33NO5/c1-3-4-11-20-37-25-17-16-24(21-26(25)36-2)28-27(29(33)23-14-9-6-10-15-23)30(34)31(35)32(28)19-18-22-12-7-5-8-13-22/h5-10,12-17,21,28,33H,3-4,11,18-20H2,1-2H3. The van der Waals surface area contributed by atoms with Gasteiger partial charge in [-0.1, -0.05) is 86.5 Å². The summed E-state index contributed by atoms with van der Waals surface area (Å²) >= 11 is 0. The number of rotatable bonds is 11. The SMILES string of the molecule is CCCCCOc1ccc(C2C(=C(O)c3ccccc3)C(=O)C(=O)N2CCc2ccccc2)cc1OC. The van der Waals surface area contributed by atoms with E-state index >= 15 is 0 Å².